The first-order chi connectivity index (χ1) is 9.65. The Hall–Kier alpha value is -1.94. The van der Waals surface area contributed by atoms with Gasteiger partial charge in [0.25, 0.3) is 0 Å². The number of aryl methyl sites for hydroxylation is 1. The van der Waals surface area contributed by atoms with Gasteiger partial charge in [-0.3, -0.25) is 4.98 Å². The van der Waals surface area contributed by atoms with Gasteiger partial charge in [-0.05, 0) is 48.4 Å². The molecule has 1 atom stereocenters. The number of halogens is 1. The number of ether oxygens (including phenoxy) is 1. The zero-order valence-corrected chi connectivity index (χ0v) is 12.0. The molecule has 20 heavy (non-hydrogen) atoms. The van der Waals surface area contributed by atoms with E-state index in [0.29, 0.717) is 0 Å². The van der Waals surface area contributed by atoms with E-state index in [-0.39, 0.29) is 11.9 Å². The molecule has 1 unspecified atom stereocenters. The molecule has 2 aromatic rings. The van der Waals surface area contributed by atoms with Crippen molar-refractivity contribution in [3.05, 3.63) is 59.2 Å². The van der Waals surface area contributed by atoms with Gasteiger partial charge >= 0.3 is 0 Å². The van der Waals surface area contributed by atoms with Crippen molar-refractivity contribution in [3.8, 4) is 5.75 Å². The summed E-state index contributed by atoms with van der Waals surface area (Å²) in [6.07, 6.45) is 2.91. The van der Waals surface area contributed by atoms with Crippen LogP contribution in [-0.4, -0.2) is 18.6 Å². The minimum Gasteiger partial charge on any atom is -0.497 e. The maximum absolute atomic E-state index is 13.4. The average Bonchev–Trinajstić information content (AvgIpc) is 2.45. The molecule has 0 amide bonds. The number of rotatable bonds is 5. The summed E-state index contributed by atoms with van der Waals surface area (Å²) in [5.74, 6) is 0.496. The highest BCUT2D eigenvalue weighted by atomic mass is 19.1. The van der Waals surface area contributed by atoms with Gasteiger partial charge < -0.3 is 10.1 Å². The lowest BCUT2D eigenvalue weighted by atomic mass is 9.95. The number of methoxy groups -OCH3 is 1. The molecule has 0 bridgehead atoms. The van der Waals surface area contributed by atoms with E-state index >= 15 is 0 Å². The highest BCUT2D eigenvalue weighted by molar-refractivity contribution is 5.40. The second-order valence-corrected chi connectivity index (χ2v) is 4.65. The van der Waals surface area contributed by atoms with Crippen LogP contribution >= 0.6 is 0 Å². The summed E-state index contributed by atoms with van der Waals surface area (Å²) in [6, 6.07) is 7.34. The first-order valence-corrected chi connectivity index (χ1v) is 6.64. The Morgan fingerprint density at radius 1 is 1.30 bits per heavy atom. The molecule has 0 fully saturated rings. The zero-order chi connectivity index (χ0) is 14.5. The summed E-state index contributed by atoms with van der Waals surface area (Å²) in [7, 11) is 1.65. The lowest BCUT2D eigenvalue weighted by Gasteiger charge is -2.21. The van der Waals surface area contributed by atoms with E-state index in [9.17, 15) is 4.39 Å². The molecule has 1 N–H and O–H groups in total. The molecule has 0 aliphatic heterocycles. The Balaban J connectivity index is 2.43. The monoisotopic (exact) mass is 274 g/mol. The molecular weight excluding hydrogens is 255 g/mol. The lowest BCUT2D eigenvalue weighted by molar-refractivity contribution is 0.414. The van der Waals surface area contributed by atoms with Gasteiger partial charge in [0.2, 0.25) is 0 Å². The molecule has 106 valence electrons. The van der Waals surface area contributed by atoms with Gasteiger partial charge in [0.1, 0.15) is 11.6 Å². The molecule has 1 aromatic heterocycles. The van der Waals surface area contributed by atoms with E-state index in [0.717, 1.165) is 29.0 Å². The Bertz CT molecular complexity index is 586. The number of nitrogens with zero attached hydrogens (tertiary/aromatic N) is 1. The highest BCUT2D eigenvalue weighted by Crippen LogP contribution is 2.27. The van der Waals surface area contributed by atoms with Crippen LogP contribution in [0.1, 0.15) is 29.7 Å². The predicted octanol–water partition coefficient (Wildman–Crippen LogP) is 3.24. The van der Waals surface area contributed by atoms with Crippen molar-refractivity contribution in [2.75, 3.05) is 13.7 Å². The quantitative estimate of drug-likeness (QED) is 0.909. The Labute approximate surface area is 118 Å². The van der Waals surface area contributed by atoms with Crippen molar-refractivity contribution >= 4 is 0 Å². The van der Waals surface area contributed by atoms with Crippen LogP contribution in [0.4, 0.5) is 4.39 Å². The molecule has 4 heteroatoms. The van der Waals surface area contributed by atoms with Crippen LogP contribution in [0.15, 0.2) is 36.7 Å². The van der Waals surface area contributed by atoms with Gasteiger partial charge in [0.15, 0.2) is 0 Å². The number of hydrogen-bond acceptors (Lipinski definition) is 3. The van der Waals surface area contributed by atoms with Crippen molar-refractivity contribution in [1.82, 2.24) is 10.3 Å². The average molecular weight is 274 g/mol. The van der Waals surface area contributed by atoms with Crippen LogP contribution in [0.25, 0.3) is 0 Å². The molecule has 0 radical (unpaired) electrons. The fourth-order valence-corrected chi connectivity index (χ4v) is 2.30. The Kier molecular flexibility index (Phi) is 4.69. The number of aromatic nitrogens is 1. The number of pyridine rings is 1. The summed E-state index contributed by atoms with van der Waals surface area (Å²) in [5.41, 5.74) is 3.01. The summed E-state index contributed by atoms with van der Waals surface area (Å²) in [6.45, 7) is 4.83. The Morgan fingerprint density at radius 2 is 2.10 bits per heavy atom. The minimum atomic E-state index is -0.323. The van der Waals surface area contributed by atoms with Crippen molar-refractivity contribution in [1.29, 1.82) is 0 Å². The van der Waals surface area contributed by atoms with Crippen molar-refractivity contribution in [3.63, 3.8) is 0 Å². The Morgan fingerprint density at radius 3 is 2.70 bits per heavy atom. The molecule has 2 rings (SSSR count). The van der Waals surface area contributed by atoms with Crippen LogP contribution in [-0.2, 0) is 0 Å². The van der Waals surface area contributed by atoms with Crippen LogP contribution in [0, 0.1) is 12.7 Å². The summed E-state index contributed by atoms with van der Waals surface area (Å²) < 4.78 is 18.6. The van der Waals surface area contributed by atoms with Crippen molar-refractivity contribution < 1.29 is 9.13 Å². The molecule has 0 saturated carbocycles. The topological polar surface area (TPSA) is 34.2 Å². The number of hydrogen-bond donors (Lipinski definition) is 1. The minimum absolute atomic E-state index is 0.0749. The molecule has 0 spiro atoms. The molecule has 3 nitrogen and oxygen atoms in total. The van der Waals surface area contributed by atoms with E-state index in [1.165, 1.54) is 12.3 Å². The molecule has 1 heterocycles. The normalized spacial score (nSPS) is 12.2. The highest BCUT2D eigenvalue weighted by Gasteiger charge is 2.16. The van der Waals surface area contributed by atoms with E-state index in [1.807, 2.05) is 32.0 Å². The molecule has 0 aliphatic carbocycles. The van der Waals surface area contributed by atoms with Gasteiger partial charge in [-0.1, -0.05) is 13.0 Å². The SMILES string of the molecule is CCNC(c1cncc(F)c1)c1ccc(OC)cc1C. The summed E-state index contributed by atoms with van der Waals surface area (Å²) >= 11 is 0. The van der Waals surface area contributed by atoms with Gasteiger partial charge in [-0.25, -0.2) is 4.39 Å². The van der Waals surface area contributed by atoms with Gasteiger partial charge in [-0.2, -0.15) is 0 Å². The van der Waals surface area contributed by atoms with Gasteiger partial charge in [0.05, 0.1) is 19.3 Å². The zero-order valence-electron chi connectivity index (χ0n) is 12.0. The third kappa shape index (κ3) is 3.14. The maximum atomic E-state index is 13.4. The van der Waals surface area contributed by atoms with Gasteiger partial charge in [-0.15, -0.1) is 0 Å². The van der Waals surface area contributed by atoms with E-state index in [4.69, 9.17) is 4.74 Å². The molecule has 0 aliphatic rings. The second kappa shape index (κ2) is 6.48. The molecule has 1 aromatic carbocycles. The summed E-state index contributed by atoms with van der Waals surface area (Å²) in [5, 5.41) is 3.37. The number of nitrogens with one attached hydrogen (secondary N) is 1. The summed E-state index contributed by atoms with van der Waals surface area (Å²) in [4.78, 5) is 3.94. The standard InChI is InChI=1S/C16H19FN2O/c1-4-19-16(12-8-13(17)10-18-9-12)15-6-5-14(20-3)7-11(15)2/h5-10,16,19H,4H2,1-3H3. The first-order valence-electron chi connectivity index (χ1n) is 6.64. The third-order valence-corrected chi connectivity index (χ3v) is 3.26. The smallest absolute Gasteiger partial charge is 0.141 e. The largest absolute Gasteiger partial charge is 0.497 e. The van der Waals surface area contributed by atoms with E-state index < -0.39 is 0 Å². The van der Waals surface area contributed by atoms with Crippen LogP contribution < -0.4 is 10.1 Å². The fourth-order valence-electron chi connectivity index (χ4n) is 2.30. The van der Waals surface area contributed by atoms with E-state index in [1.54, 1.807) is 13.3 Å². The molecule has 0 saturated heterocycles. The van der Waals surface area contributed by atoms with Crippen LogP contribution in [0.2, 0.25) is 0 Å². The van der Waals surface area contributed by atoms with Crippen LogP contribution in [0.5, 0.6) is 5.75 Å². The van der Waals surface area contributed by atoms with E-state index in [2.05, 4.69) is 10.3 Å². The van der Waals surface area contributed by atoms with Crippen molar-refractivity contribution in [2.45, 2.75) is 19.9 Å². The predicted molar refractivity (Wildman–Crippen MR) is 77.4 cm³/mol. The fraction of sp³-hybridized carbons (Fsp3) is 0.312. The first kappa shape index (κ1) is 14.5. The van der Waals surface area contributed by atoms with Crippen LogP contribution in [0.3, 0.4) is 0 Å². The van der Waals surface area contributed by atoms with Gasteiger partial charge in [0, 0.05) is 6.20 Å². The molecular formula is C16H19FN2O. The lowest BCUT2D eigenvalue weighted by Crippen LogP contribution is -2.23. The third-order valence-electron chi connectivity index (χ3n) is 3.26. The second-order valence-electron chi connectivity index (χ2n) is 4.65. The maximum Gasteiger partial charge on any atom is 0.141 e. The van der Waals surface area contributed by atoms with Crippen molar-refractivity contribution in [2.24, 2.45) is 0 Å². The number of benzene rings is 1.